The molecule has 31 heavy (non-hydrogen) atoms. The quantitative estimate of drug-likeness (QED) is 0.666. The van der Waals surface area contributed by atoms with Crippen LogP contribution in [0.25, 0.3) is 0 Å². The first-order valence-electron chi connectivity index (χ1n) is 11.3. The molecule has 1 amide bonds. The number of likely N-dealkylation sites (tertiary alicyclic amines) is 1. The maximum atomic E-state index is 12.2. The van der Waals surface area contributed by atoms with Crippen LogP contribution in [0.3, 0.4) is 0 Å². The molecule has 1 aromatic heterocycles. The van der Waals surface area contributed by atoms with Gasteiger partial charge in [0.2, 0.25) is 0 Å². The first-order valence-corrected chi connectivity index (χ1v) is 13.2. The van der Waals surface area contributed by atoms with Crippen molar-refractivity contribution in [1.82, 2.24) is 9.88 Å². The Bertz CT molecular complexity index is 832. The molecule has 2 heterocycles. The van der Waals surface area contributed by atoms with Gasteiger partial charge >= 0.3 is 6.09 Å². The van der Waals surface area contributed by atoms with Crippen LogP contribution in [0.2, 0.25) is 0 Å². The number of rotatable bonds is 5. The van der Waals surface area contributed by atoms with Gasteiger partial charge in [-0.1, -0.05) is 0 Å². The summed E-state index contributed by atoms with van der Waals surface area (Å²) in [5, 5.41) is 0. The molecule has 0 N–H and O–H groups in total. The number of sulfone groups is 1. The van der Waals surface area contributed by atoms with Gasteiger partial charge in [-0.15, -0.1) is 0 Å². The van der Waals surface area contributed by atoms with E-state index >= 15 is 0 Å². The average molecular weight is 453 g/mol. The van der Waals surface area contributed by atoms with Crippen LogP contribution in [-0.4, -0.2) is 62.1 Å². The van der Waals surface area contributed by atoms with Crippen LogP contribution < -0.4 is 0 Å². The SMILES string of the molecule is CC(C)(C)OC(=O)N1CCC(CO[C@H]2CC[C@@H](c3ccc(S(C)(=O)=O)cn3)CC2)CC1. The number of piperidine rings is 1. The Hall–Kier alpha value is -1.67. The Labute approximate surface area is 186 Å². The topological polar surface area (TPSA) is 85.8 Å². The third kappa shape index (κ3) is 7.17. The number of nitrogens with zero attached hydrogens (tertiary/aromatic N) is 2. The summed E-state index contributed by atoms with van der Waals surface area (Å²) in [4.78, 5) is 18.6. The molecule has 0 spiro atoms. The molecular formula is C23H36N2O5S. The van der Waals surface area contributed by atoms with E-state index in [1.807, 2.05) is 26.8 Å². The zero-order valence-electron chi connectivity index (χ0n) is 19.2. The van der Waals surface area contributed by atoms with Gasteiger partial charge in [-0.2, -0.15) is 0 Å². The van der Waals surface area contributed by atoms with Gasteiger partial charge in [0.1, 0.15) is 5.60 Å². The van der Waals surface area contributed by atoms with Crippen LogP contribution in [0.4, 0.5) is 4.79 Å². The normalized spacial score (nSPS) is 23.5. The first kappa shape index (κ1) is 24.0. The smallest absolute Gasteiger partial charge is 0.410 e. The van der Waals surface area contributed by atoms with Gasteiger partial charge in [-0.3, -0.25) is 4.98 Å². The van der Waals surface area contributed by atoms with Crippen LogP contribution in [0.1, 0.15) is 70.9 Å². The second-order valence-corrected chi connectivity index (χ2v) is 11.9. The average Bonchev–Trinajstić information content (AvgIpc) is 2.71. The van der Waals surface area contributed by atoms with Crippen molar-refractivity contribution in [2.24, 2.45) is 5.92 Å². The minimum atomic E-state index is -3.20. The molecule has 1 aromatic rings. The van der Waals surface area contributed by atoms with E-state index in [1.54, 1.807) is 11.0 Å². The molecule has 1 aliphatic heterocycles. The molecule has 2 fully saturated rings. The van der Waals surface area contributed by atoms with Crippen molar-refractivity contribution in [3.63, 3.8) is 0 Å². The highest BCUT2D eigenvalue weighted by Crippen LogP contribution is 2.34. The van der Waals surface area contributed by atoms with Crippen molar-refractivity contribution in [1.29, 1.82) is 0 Å². The largest absolute Gasteiger partial charge is 0.444 e. The zero-order chi connectivity index (χ0) is 22.6. The van der Waals surface area contributed by atoms with Crippen LogP contribution >= 0.6 is 0 Å². The van der Waals surface area contributed by atoms with Gasteiger partial charge in [-0.25, -0.2) is 13.2 Å². The summed E-state index contributed by atoms with van der Waals surface area (Å²) in [6.45, 7) is 7.87. The fourth-order valence-electron chi connectivity index (χ4n) is 4.26. The number of ether oxygens (including phenoxy) is 2. The predicted molar refractivity (Wildman–Crippen MR) is 119 cm³/mol. The summed E-state index contributed by atoms with van der Waals surface area (Å²) in [6.07, 6.45) is 8.63. The minimum Gasteiger partial charge on any atom is -0.444 e. The summed E-state index contributed by atoms with van der Waals surface area (Å²) in [5.74, 6) is 0.854. The van der Waals surface area contributed by atoms with E-state index in [0.29, 0.717) is 11.8 Å². The van der Waals surface area contributed by atoms with Gasteiger partial charge < -0.3 is 14.4 Å². The summed E-state index contributed by atoms with van der Waals surface area (Å²) in [7, 11) is -3.20. The van der Waals surface area contributed by atoms with E-state index < -0.39 is 15.4 Å². The predicted octanol–water partition coefficient (Wildman–Crippen LogP) is 4.18. The van der Waals surface area contributed by atoms with E-state index in [1.165, 1.54) is 12.5 Å². The van der Waals surface area contributed by atoms with Crippen molar-refractivity contribution in [2.75, 3.05) is 26.0 Å². The molecule has 8 heteroatoms. The highest BCUT2D eigenvalue weighted by atomic mass is 32.2. The second-order valence-electron chi connectivity index (χ2n) is 9.91. The Morgan fingerprint density at radius 3 is 2.26 bits per heavy atom. The molecule has 0 bridgehead atoms. The van der Waals surface area contributed by atoms with E-state index in [0.717, 1.165) is 63.9 Å². The molecule has 2 aliphatic rings. The lowest BCUT2D eigenvalue weighted by Crippen LogP contribution is -2.42. The zero-order valence-corrected chi connectivity index (χ0v) is 20.0. The highest BCUT2D eigenvalue weighted by molar-refractivity contribution is 7.90. The molecule has 174 valence electrons. The number of carbonyl (C=O) groups excluding carboxylic acids is 1. The van der Waals surface area contributed by atoms with Crippen molar-refractivity contribution < 1.29 is 22.7 Å². The molecular weight excluding hydrogens is 416 g/mol. The molecule has 0 radical (unpaired) electrons. The van der Waals surface area contributed by atoms with Crippen LogP contribution in [0.15, 0.2) is 23.2 Å². The molecule has 0 atom stereocenters. The summed E-state index contributed by atoms with van der Waals surface area (Å²) < 4.78 is 34.9. The third-order valence-corrected chi connectivity index (χ3v) is 7.21. The van der Waals surface area contributed by atoms with E-state index in [-0.39, 0.29) is 17.1 Å². The van der Waals surface area contributed by atoms with Gasteiger partial charge in [0.15, 0.2) is 9.84 Å². The van der Waals surface area contributed by atoms with E-state index in [2.05, 4.69) is 4.98 Å². The molecule has 7 nitrogen and oxygen atoms in total. The van der Waals surface area contributed by atoms with Crippen molar-refractivity contribution in [2.45, 2.75) is 81.8 Å². The van der Waals surface area contributed by atoms with Crippen LogP contribution in [0.5, 0.6) is 0 Å². The van der Waals surface area contributed by atoms with Crippen LogP contribution in [-0.2, 0) is 19.3 Å². The Balaban J connectivity index is 1.37. The van der Waals surface area contributed by atoms with Gasteiger partial charge in [0.05, 0.1) is 11.0 Å². The van der Waals surface area contributed by atoms with Crippen molar-refractivity contribution in [3.8, 4) is 0 Å². The van der Waals surface area contributed by atoms with Crippen molar-refractivity contribution in [3.05, 3.63) is 24.0 Å². The monoisotopic (exact) mass is 452 g/mol. The molecule has 0 unspecified atom stereocenters. The van der Waals surface area contributed by atoms with Gasteiger partial charge in [0.25, 0.3) is 0 Å². The number of aromatic nitrogens is 1. The maximum absolute atomic E-state index is 12.2. The molecule has 3 rings (SSSR count). The molecule has 0 aromatic carbocycles. The Kier molecular flexibility index (Phi) is 7.63. The first-order chi connectivity index (χ1) is 14.5. The van der Waals surface area contributed by atoms with Gasteiger partial charge in [-0.05, 0) is 77.3 Å². The highest BCUT2D eigenvalue weighted by Gasteiger charge is 2.29. The second kappa shape index (κ2) is 9.86. The standard InChI is InChI=1S/C23H36N2O5S/c1-23(2,3)30-22(26)25-13-11-17(12-14-25)16-29-19-7-5-18(6-8-19)21-10-9-20(15-24-21)31(4,27)28/h9-10,15,17-19H,5-8,11-14,16H2,1-4H3/t18-,19+. The summed E-state index contributed by atoms with van der Waals surface area (Å²) in [5.41, 5.74) is 0.515. The lowest BCUT2D eigenvalue weighted by atomic mass is 9.85. The third-order valence-electron chi connectivity index (χ3n) is 6.11. The Morgan fingerprint density at radius 1 is 1.10 bits per heavy atom. The number of hydrogen-bond acceptors (Lipinski definition) is 6. The lowest BCUT2D eigenvalue weighted by Gasteiger charge is -2.34. The number of carbonyl (C=O) groups is 1. The fraction of sp³-hybridized carbons (Fsp3) is 0.739. The number of hydrogen-bond donors (Lipinski definition) is 0. The summed E-state index contributed by atoms with van der Waals surface area (Å²) in [6, 6.07) is 3.50. The number of amides is 1. The molecule has 1 aliphatic carbocycles. The Morgan fingerprint density at radius 2 is 1.74 bits per heavy atom. The van der Waals surface area contributed by atoms with E-state index in [4.69, 9.17) is 9.47 Å². The lowest BCUT2D eigenvalue weighted by molar-refractivity contribution is -0.0144. The number of pyridine rings is 1. The minimum absolute atomic E-state index is 0.219. The summed E-state index contributed by atoms with van der Waals surface area (Å²) >= 11 is 0. The maximum Gasteiger partial charge on any atom is 0.410 e. The fourth-order valence-corrected chi connectivity index (χ4v) is 4.82. The molecule has 1 saturated heterocycles. The van der Waals surface area contributed by atoms with Gasteiger partial charge in [0, 0.05) is 43.8 Å². The van der Waals surface area contributed by atoms with Crippen LogP contribution in [0, 0.1) is 5.92 Å². The van der Waals surface area contributed by atoms with E-state index in [9.17, 15) is 13.2 Å². The molecule has 1 saturated carbocycles. The van der Waals surface area contributed by atoms with Crippen molar-refractivity contribution >= 4 is 15.9 Å².